The van der Waals surface area contributed by atoms with E-state index in [2.05, 4.69) is 5.16 Å². The van der Waals surface area contributed by atoms with Crippen molar-refractivity contribution in [1.29, 1.82) is 0 Å². The number of aliphatic hydroxyl groups excluding tert-OH is 1. The average Bonchev–Trinajstić information content (AvgIpc) is 3.19. The van der Waals surface area contributed by atoms with E-state index in [0.717, 1.165) is 30.7 Å². The van der Waals surface area contributed by atoms with E-state index in [-0.39, 0.29) is 17.9 Å². The standard InChI is InChI=1S/C15H22N2O3/c1-17(15(19)11-3-2-4-13(18)7-11)9-12-8-14(20-16-12)10-5-6-10/h8,10-11,13,18H,2-7,9H2,1H3/t11-,13-/m0/s1. The molecule has 20 heavy (non-hydrogen) atoms. The molecule has 0 unspecified atom stereocenters. The second-order valence-corrected chi connectivity index (χ2v) is 6.21. The van der Waals surface area contributed by atoms with Gasteiger partial charge in [-0.25, -0.2) is 0 Å². The molecule has 0 aliphatic heterocycles. The second kappa shape index (κ2) is 5.56. The molecule has 1 aromatic heterocycles. The molecule has 5 heteroatoms. The normalized spacial score (nSPS) is 26.5. The summed E-state index contributed by atoms with van der Waals surface area (Å²) in [5.41, 5.74) is 0.819. The van der Waals surface area contributed by atoms with E-state index >= 15 is 0 Å². The van der Waals surface area contributed by atoms with Crippen LogP contribution in [0.5, 0.6) is 0 Å². The van der Waals surface area contributed by atoms with Crippen molar-refractivity contribution in [3.8, 4) is 0 Å². The molecule has 0 saturated heterocycles. The monoisotopic (exact) mass is 278 g/mol. The van der Waals surface area contributed by atoms with E-state index < -0.39 is 0 Å². The molecule has 0 bridgehead atoms. The van der Waals surface area contributed by atoms with Gasteiger partial charge in [0.15, 0.2) is 0 Å². The number of carbonyl (C=O) groups is 1. The minimum atomic E-state index is -0.320. The number of aliphatic hydroxyl groups is 1. The number of hydrogen-bond donors (Lipinski definition) is 1. The smallest absolute Gasteiger partial charge is 0.225 e. The van der Waals surface area contributed by atoms with Gasteiger partial charge in [0.1, 0.15) is 11.5 Å². The van der Waals surface area contributed by atoms with Crippen LogP contribution in [0.15, 0.2) is 10.6 Å². The fourth-order valence-corrected chi connectivity index (χ4v) is 2.98. The van der Waals surface area contributed by atoms with Crippen LogP contribution in [0.3, 0.4) is 0 Å². The molecule has 5 nitrogen and oxygen atoms in total. The molecule has 2 atom stereocenters. The molecule has 0 radical (unpaired) electrons. The fourth-order valence-electron chi connectivity index (χ4n) is 2.98. The quantitative estimate of drug-likeness (QED) is 0.915. The third kappa shape index (κ3) is 3.03. The van der Waals surface area contributed by atoms with Gasteiger partial charge in [0, 0.05) is 24.9 Å². The first-order chi connectivity index (χ1) is 9.63. The molecular formula is C15H22N2O3. The van der Waals surface area contributed by atoms with Gasteiger partial charge in [-0.05, 0) is 32.1 Å². The summed E-state index contributed by atoms with van der Waals surface area (Å²) in [4.78, 5) is 14.1. The highest BCUT2D eigenvalue weighted by Crippen LogP contribution is 2.40. The van der Waals surface area contributed by atoms with Crippen molar-refractivity contribution in [1.82, 2.24) is 10.1 Å². The Hall–Kier alpha value is -1.36. The number of aromatic nitrogens is 1. The van der Waals surface area contributed by atoms with Crippen molar-refractivity contribution in [3.05, 3.63) is 17.5 Å². The third-order valence-electron chi connectivity index (χ3n) is 4.33. The SMILES string of the molecule is CN(Cc1cc(C2CC2)on1)C(=O)[C@H]1CCC[C@H](O)C1. The Morgan fingerprint density at radius 2 is 2.25 bits per heavy atom. The molecule has 1 amide bonds. The largest absolute Gasteiger partial charge is 0.393 e. The van der Waals surface area contributed by atoms with Gasteiger partial charge in [0.25, 0.3) is 0 Å². The molecular weight excluding hydrogens is 256 g/mol. The lowest BCUT2D eigenvalue weighted by Crippen LogP contribution is -2.36. The van der Waals surface area contributed by atoms with E-state index in [1.807, 2.05) is 6.07 Å². The van der Waals surface area contributed by atoms with Crippen LogP contribution in [0.2, 0.25) is 0 Å². The van der Waals surface area contributed by atoms with Crippen LogP contribution >= 0.6 is 0 Å². The predicted octanol–water partition coefficient (Wildman–Crippen LogP) is 2.06. The summed E-state index contributed by atoms with van der Waals surface area (Å²) in [7, 11) is 1.80. The van der Waals surface area contributed by atoms with Crippen LogP contribution in [0.1, 0.15) is 55.9 Å². The molecule has 0 aromatic carbocycles. The van der Waals surface area contributed by atoms with Crippen molar-refractivity contribution >= 4 is 5.91 Å². The summed E-state index contributed by atoms with van der Waals surface area (Å²) in [5.74, 6) is 1.57. The zero-order chi connectivity index (χ0) is 14.1. The molecule has 1 heterocycles. The van der Waals surface area contributed by atoms with E-state index in [9.17, 15) is 9.90 Å². The van der Waals surface area contributed by atoms with Crippen LogP contribution in [0, 0.1) is 5.92 Å². The van der Waals surface area contributed by atoms with Gasteiger partial charge in [0.2, 0.25) is 5.91 Å². The lowest BCUT2D eigenvalue weighted by Gasteiger charge is -2.28. The summed E-state index contributed by atoms with van der Waals surface area (Å²) in [6.07, 6.45) is 5.27. The molecule has 2 aliphatic rings. The van der Waals surface area contributed by atoms with Crippen LogP contribution in [-0.4, -0.2) is 34.2 Å². The Kier molecular flexibility index (Phi) is 3.78. The minimum absolute atomic E-state index is 0.0430. The number of amides is 1. The maximum absolute atomic E-state index is 12.4. The third-order valence-corrected chi connectivity index (χ3v) is 4.33. The number of carbonyl (C=O) groups excluding carboxylic acids is 1. The Balaban J connectivity index is 1.56. The average molecular weight is 278 g/mol. The van der Waals surface area contributed by atoms with Crippen LogP contribution in [-0.2, 0) is 11.3 Å². The maximum atomic E-state index is 12.4. The molecule has 2 saturated carbocycles. The van der Waals surface area contributed by atoms with Gasteiger partial charge in [0.05, 0.1) is 12.6 Å². The van der Waals surface area contributed by atoms with Gasteiger partial charge < -0.3 is 14.5 Å². The van der Waals surface area contributed by atoms with Crippen LogP contribution < -0.4 is 0 Å². The zero-order valence-corrected chi connectivity index (χ0v) is 11.9. The van der Waals surface area contributed by atoms with Crippen molar-refractivity contribution in [3.63, 3.8) is 0 Å². The van der Waals surface area contributed by atoms with Crippen molar-refractivity contribution in [2.75, 3.05) is 7.05 Å². The van der Waals surface area contributed by atoms with E-state index in [0.29, 0.717) is 18.9 Å². The predicted molar refractivity (Wildman–Crippen MR) is 72.9 cm³/mol. The molecule has 0 spiro atoms. The number of nitrogens with zero attached hydrogens (tertiary/aromatic N) is 2. The first-order valence-electron chi connectivity index (χ1n) is 7.52. The Morgan fingerprint density at radius 3 is 2.95 bits per heavy atom. The Morgan fingerprint density at radius 1 is 1.45 bits per heavy atom. The molecule has 2 aliphatic carbocycles. The number of rotatable bonds is 4. The second-order valence-electron chi connectivity index (χ2n) is 6.21. The lowest BCUT2D eigenvalue weighted by atomic mass is 9.86. The lowest BCUT2D eigenvalue weighted by molar-refractivity contribution is -0.137. The fraction of sp³-hybridized carbons (Fsp3) is 0.733. The van der Waals surface area contributed by atoms with Crippen molar-refractivity contribution in [2.45, 2.75) is 57.1 Å². The summed E-state index contributed by atoms with van der Waals surface area (Å²) >= 11 is 0. The molecule has 110 valence electrons. The van der Waals surface area contributed by atoms with Gasteiger partial charge in [-0.1, -0.05) is 11.6 Å². The van der Waals surface area contributed by atoms with E-state index in [1.54, 1.807) is 11.9 Å². The first-order valence-corrected chi connectivity index (χ1v) is 7.52. The highest BCUT2D eigenvalue weighted by Gasteiger charge is 2.30. The van der Waals surface area contributed by atoms with E-state index in [4.69, 9.17) is 4.52 Å². The van der Waals surface area contributed by atoms with Crippen LogP contribution in [0.4, 0.5) is 0 Å². The van der Waals surface area contributed by atoms with Gasteiger partial charge >= 0.3 is 0 Å². The van der Waals surface area contributed by atoms with Gasteiger partial charge in [-0.3, -0.25) is 4.79 Å². The van der Waals surface area contributed by atoms with Gasteiger partial charge in [-0.15, -0.1) is 0 Å². The molecule has 2 fully saturated rings. The number of hydrogen-bond acceptors (Lipinski definition) is 4. The Labute approximate surface area is 118 Å². The topological polar surface area (TPSA) is 66.6 Å². The summed E-state index contributed by atoms with van der Waals surface area (Å²) in [5, 5.41) is 13.7. The van der Waals surface area contributed by atoms with Crippen molar-refractivity contribution < 1.29 is 14.4 Å². The highest BCUT2D eigenvalue weighted by molar-refractivity contribution is 5.78. The van der Waals surface area contributed by atoms with Crippen LogP contribution in [0.25, 0.3) is 0 Å². The highest BCUT2D eigenvalue weighted by atomic mass is 16.5. The molecule has 3 rings (SSSR count). The zero-order valence-electron chi connectivity index (χ0n) is 11.9. The molecule has 1 N–H and O–H groups in total. The summed E-state index contributed by atoms with van der Waals surface area (Å²) < 4.78 is 5.30. The summed E-state index contributed by atoms with van der Waals surface area (Å²) in [6, 6.07) is 1.97. The summed E-state index contributed by atoms with van der Waals surface area (Å²) in [6.45, 7) is 0.488. The molecule has 1 aromatic rings. The maximum Gasteiger partial charge on any atom is 0.225 e. The van der Waals surface area contributed by atoms with Gasteiger partial charge in [-0.2, -0.15) is 0 Å². The minimum Gasteiger partial charge on any atom is -0.393 e. The Bertz CT molecular complexity index is 481. The van der Waals surface area contributed by atoms with Crippen molar-refractivity contribution in [2.24, 2.45) is 5.92 Å². The van der Waals surface area contributed by atoms with E-state index in [1.165, 1.54) is 12.8 Å². The first kappa shape index (κ1) is 13.6.